The van der Waals surface area contributed by atoms with Crippen molar-refractivity contribution in [2.75, 3.05) is 0 Å². The summed E-state index contributed by atoms with van der Waals surface area (Å²) < 4.78 is 0. The highest BCUT2D eigenvalue weighted by Crippen LogP contribution is 2.24. The predicted molar refractivity (Wildman–Crippen MR) is 77.6 cm³/mol. The van der Waals surface area contributed by atoms with Crippen LogP contribution in [0.3, 0.4) is 0 Å². The third kappa shape index (κ3) is 3.34. The van der Waals surface area contributed by atoms with Gasteiger partial charge in [0.2, 0.25) is 0 Å². The van der Waals surface area contributed by atoms with Gasteiger partial charge < -0.3 is 5.73 Å². The fraction of sp³-hybridized carbons (Fsp3) is 0.267. The van der Waals surface area contributed by atoms with E-state index in [-0.39, 0.29) is 6.04 Å². The molecular formula is C15H18N2S. The first-order valence-corrected chi connectivity index (χ1v) is 7.04. The molecule has 94 valence electrons. The molecule has 0 aliphatic heterocycles. The quantitative estimate of drug-likeness (QED) is 0.850. The summed E-state index contributed by atoms with van der Waals surface area (Å²) in [6, 6.07) is 12.6. The smallest absolute Gasteiger partial charge is 0.0965 e. The fourth-order valence-corrected chi connectivity index (χ4v) is 2.72. The van der Waals surface area contributed by atoms with Gasteiger partial charge in [-0.05, 0) is 36.6 Å². The molecule has 0 aliphatic rings. The van der Waals surface area contributed by atoms with Crippen LogP contribution in [0.2, 0.25) is 0 Å². The van der Waals surface area contributed by atoms with E-state index >= 15 is 0 Å². The highest BCUT2D eigenvalue weighted by atomic mass is 32.2. The molecule has 1 heterocycles. The second-order valence-corrected chi connectivity index (χ2v) is 5.44. The summed E-state index contributed by atoms with van der Waals surface area (Å²) in [6.07, 6.45) is 1.90. The molecule has 0 bridgehead atoms. The molecule has 0 saturated heterocycles. The van der Waals surface area contributed by atoms with Crippen LogP contribution in [0.15, 0.2) is 47.6 Å². The number of nitrogens with zero attached hydrogens (tertiary/aromatic N) is 1. The summed E-state index contributed by atoms with van der Waals surface area (Å²) in [7, 11) is 0. The Hall–Kier alpha value is -1.32. The summed E-state index contributed by atoms with van der Waals surface area (Å²) in [4.78, 5) is 4.46. The van der Waals surface area contributed by atoms with Crippen molar-refractivity contribution in [3.63, 3.8) is 0 Å². The van der Waals surface area contributed by atoms with E-state index in [0.717, 1.165) is 16.3 Å². The molecule has 2 nitrogen and oxygen atoms in total. The molecule has 3 heteroatoms. The van der Waals surface area contributed by atoms with Crippen LogP contribution in [0, 0.1) is 6.92 Å². The number of aryl methyl sites for hydroxylation is 1. The molecule has 18 heavy (non-hydrogen) atoms. The van der Waals surface area contributed by atoms with Crippen LogP contribution in [0.4, 0.5) is 0 Å². The Morgan fingerprint density at radius 2 is 2.00 bits per heavy atom. The first-order chi connectivity index (χ1) is 8.66. The van der Waals surface area contributed by atoms with E-state index in [1.165, 1.54) is 11.1 Å². The lowest BCUT2D eigenvalue weighted by atomic mass is 10.1. The first kappa shape index (κ1) is 13.1. The van der Waals surface area contributed by atoms with Crippen molar-refractivity contribution in [1.29, 1.82) is 0 Å². The third-order valence-electron chi connectivity index (χ3n) is 2.85. The number of aromatic nitrogens is 1. The summed E-state index contributed by atoms with van der Waals surface area (Å²) in [6.45, 7) is 4.08. The average molecular weight is 258 g/mol. The van der Waals surface area contributed by atoms with Crippen LogP contribution in [0.5, 0.6) is 0 Å². The molecule has 0 radical (unpaired) electrons. The molecule has 0 fully saturated rings. The molecule has 0 saturated carbocycles. The number of hydrogen-bond donors (Lipinski definition) is 1. The fourth-order valence-electron chi connectivity index (χ4n) is 1.83. The van der Waals surface area contributed by atoms with Gasteiger partial charge in [-0.3, -0.25) is 0 Å². The van der Waals surface area contributed by atoms with E-state index in [1.54, 1.807) is 11.8 Å². The molecule has 2 aromatic rings. The van der Waals surface area contributed by atoms with Crippen molar-refractivity contribution >= 4 is 11.8 Å². The molecule has 1 aromatic heterocycles. The Labute approximate surface area is 113 Å². The Morgan fingerprint density at radius 3 is 2.61 bits per heavy atom. The molecule has 0 aliphatic carbocycles. The maximum atomic E-state index is 5.88. The second kappa shape index (κ2) is 6.03. The molecular weight excluding hydrogens is 240 g/mol. The van der Waals surface area contributed by atoms with Gasteiger partial charge in [0.15, 0.2) is 0 Å². The standard InChI is InChI=1S/C15H18N2S/c1-11-8-15(17-9-14(11)12(2)16)18-10-13-6-4-3-5-7-13/h3-9,12H,10,16H2,1-2H3/t12-/m0/s1. The zero-order valence-electron chi connectivity index (χ0n) is 10.8. The van der Waals surface area contributed by atoms with Crippen molar-refractivity contribution in [1.82, 2.24) is 4.98 Å². The van der Waals surface area contributed by atoms with Crippen molar-refractivity contribution < 1.29 is 0 Å². The van der Waals surface area contributed by atoms with Gasteiger partial charge in [0.05, 0.1) is 5.03 Å². The second-order valence-electron chi connectivity index (χ2n) is 4.44. The van der Waals surface area contributed by atoms with E-state index in [0.29, 0.717) is 0 Å². The number of benzene rings is 1. The summed E-state index contributed by atoms with van der Waals surface area (Å²) >= 11 is 1.76. The molecule has 1 aromatic carbocycles. The topological polar surface area (TPSA) is 38.9 Å². The number of hydrogen-bond acceptors (Lipinski definition) is 3. The van der Waals surface area contributed by atoms with Crippen LogP contribution in [-0.4, -0.2) is 4.98 Å². The third-order valence-corrected chi connectivity index (χ3v) is 3.84. The number of thioether (sulfide) groups is 1. The van der Waals surface area contributed by atoms with Gasteiger partial charge in [0.1, 0.15) is 0 Å². The monoisotopic (exact) mass is 258 g/mol. The predicted octanol–water partition coefficient (Wildman–Crippen LogP) is 3.70. The minimum absolute atomic E-state index is 0.0469. The van der Waals surface area contributed by atoms with Gasteiger partial charge >= 0.3 is 0 Å². The maximum absolute atomic E-state index is 5.88. The lowest BCUT2D eigenvalue weighted by Crippen LogP contribution is -2.07. The maximum Gasteiger partial charge on any atom is 0.0965 e. The highest BCUT2D eigenvalue weighted by Gasteiger charge is 2.06. The van der Waals surface area contributed by atoms with Crippen LogP contribution in [-0.2, 0) is 5.75 Å². The van der Waals surface area contributed by atoms with Crippen LogP contribution < -0.4 is 5.73 Å². The molecule has 2 rings (SSSR count). The van der Waals surface area contributed by atoms with Gasteiger partial charge in [-0.15, -0.1) is 11.8 Å². The van der Waals surface area contributed by atoms with E-state index in [2.05, 4.69) is 42.2 Å². The highest BCUT2D eigenvalue weighted by molar-refractivity contribution is 7.98. The van der Waals surface area contributed by atoms with E-state index in [4.69, 9.17) is 5.73 Å². The Morgan fingerprint density at radius 1 is 1.28 bits per heavy atom. The van der Waals surface area contributed by atoms with Crippen LogP contribution >= 0.6 is 11.8 Å². The van der Waals surface area contributed by atoms with E-state index in [1.807, 2.05) is 19.2 Å². The van der Waals surface area contributed by atoms with Crippen LogP contribution in [0.25, 0.3) is 0 Å². The van der Waals surface area contributed by atoms with Gasteiger partial charge in [-0.1, -0.05) is 30.3 Å². The van der Waals surface area contributed by atoms with Crippen molar-refractivity contribution in [3.8, 4) is 0 Å². The molecule has 0 unspecified atom stereocenters. The minimum atomic E-state index is 0.0469. The molecule has 2 N–H and O–H groups in total. The Bertz CT molecular complexity index is 509. The van der Waals surface area contributed by atoms with Crippen LogP contribution in [0.1, 0.15) is 29.7 Å². The Kier molecular flexibility index (Phi) is 4.39. The molecule has 0 spiro atoms. The molecule has 1 atom stereocenters. The van der Waals surface area contributed by atoms with Gasteiger partial charge in [-0.25, -0.2) is 4.98 Å². The largest absolute Gasteiger partial charge is 0.324 e. The zero-order chi connectivity index (χ0) is 13.0. The summed E-state index contributed by atoms with van der Waals surface area (Å²) in [5.41, 5.74) is 9.54. The normalized spacial score (nSPS) is 12.4. The van der Waals surface area contributed by atoms with Crippen molar-refractivity contribution in [2.24, 2.45) is 5.73 Å². The first-order valence-electron chi connectivity index (χ1n) is 6.05. The average Bonchev–Trinajstić information content (AvgIpc) is 2.37. The lowest BCUT2D eigenvalue weighted by molar-refractivity contribution is 0.796. The SMILES string of the molecule is Cc1cc(SCc2ccccc2)ncc1[C@H](C)N. The van der Waals surface area contributed by atoms with Gasteiger partial charge in [0.25, 0.3) is 0 Å². The lowest BCUT2D eigenvalue weighted by Gasteiger charge is -2.10. The van der Waals surface area contributed by atoms with E-state index in [9.17, 15) is 0 Å². The molecule has 0 amide bonds. The van der Waals surface area contributed by atoms with E-state index < -0.39 is 0 Å². The number of pyridine rings is 1. The number of rotatable bonds is 4. The van der Waals surface area contributed by atoms with Gasteiger partial charge in [-0.2, -0.15) is 0 Å². The van der Waals surface area contributed by atoms with Crippen molar-refractivity contribution in [3.05, 3.63) is 59.3 Å². The zero-order valence-corrected chi connectivity index (χ0v) is 11.6. The number of nitrogens with two attached hydrogens (primary N) is 1. The van der Waals surface area contributed by atoms with Gasteiger partial charge in [0, 0.05) is 18.0 Å². The summed E-state index contributed by atoms with van der Waals surface area (Å²) in [5.74, 6) is 0.949. The minimum Gasteiger partial charge on any atom is -0.324 e. The van der Waals surface area contributed by atoms with Crippen molar-refractivity contribution in [2.45, 2.75) is 30.7 Å². The Balaban J connectivity index is 2.05. The summed E-state index contributed by atoms with van der Waals surface area (Å²) in [5, 5.41) is 1.06.